The van der Waals surface area contributed by atoms with E-state index in [9.17, 15) is 13.5 Å². The standard InChI is InChI=1S/C16H18O3S/c1-12-8-10-15(11-9-12)20(18,19)13(2)16(17)14-6-4-3-5-7-14/h3-11,13,16-17H,1-2H3. The van der Waals surface area contributed by atoms with E-state index in [4.69, 9.17) is 0 Å². The van der Waals surface area contributed by atoms with Gasteiger partial charge in [-0.2, -0.15) is 0 Å². The molecule has 20 heavy (non-hydrogen) atoms. The van der Waals surface area contributed by atoms with Crippen LogP contribution in [0.1, 0.15) is 24.2 Å². The van der Waals surface area contributed by atoms with Gasteiger partial charge in [-0.1, -0.05) is 48.0 Å². The fourth-order valence-electron chi connectivity index (χ4n) is 2.03. The molecule has 2 aromatic carbocycles. The molecule has 0 amide bonds. The minimum Gasteiger partial charge on any atom is -0.387 e. The van der Waals surface area contributed by atoms with Crippen molar-refractivity contribution in [2.75, 3.05) is 0 Å². The van der Waals surface area contributed by atoms with Crippen LogP contribution >= 0.6 is 0 Å². The average Bonchev–Trinajstić information content (AvgIpc) is 2.47. The van der Waals surface area contributed by atoms with Crippen LogP contribution in [0.15, 0.2) is 59.5 Å². The van der Waals surface area contributed by atoms with Gasteiger partial charge in [0.05, 0.1) is 16.2 Å². The highest BCUT2D eigenvalue weighted by molar-refractivity contribution is 7.92. The number of hydrogen-bond donors (Lipinski definition) is 1. The molecule has 3 nitrogen and oxygen atoms in total. The number of aliphatic hydroxyl groups excluding tert-OH is 1. The Balaban J connectivity index is 2.32. The van der Waals surface area contributed by atoms with Crippen LogP contribution in [0, 0.1) is 6.92 Å². The van der Waals surface area contributed by atoms with Gasteiger partial charge in [0, 0.05) is 0 Å². The minimum atomic E-state index is -3.55. The van der Waals surface area contributed by atoms with Crippen LogP contribution < -0.4 is 0 Å². The molecule has 4 heteroatoms. The number of aryl methyl sites for hydroxylation is 1. The summed E-state index contributed by atoms with van der Waals surface area (Å²) in [6, 6.07) is 15.5. The van der Waals surface area contributed by atoms with E-state index >= 15 is 0 Å². The smallest absolute Gasteiger partial charge is 0.183 e. The van der Waals surface area contributed by atoms with Gasteiger partial charge in [-0.25, -0.2) is 8.42 Å². The molecule has 2 rings (SSSR count). The van der Waals surface area contributed by atoms with Gasteiger partial charge in [-0.05, 0) is 31.5 Å². The molecule has 0 radical (unpaired) electrons. The van der Waals surface area contributed by atoms with Crippen LogP contribution in [0.2, 0.25) is 0 Å². The summed E-state index contributed by atoms with van der Waals surface area (Å²) < 4.78 is 25.0. The highest BCUT2D eigenvalue weighted by atomic mass is 32.2. The first kappa shape index (κ1) is 14.8. The van der Waals surface area contributed by atoms with Crippen molar-refractivity contribution >= 4 is 9.84 Å². The van der Waals surface area contributed by atoms with Crippen molar-refractivity contribution in [2.45, 2.75) is 30.1 Å². The topological polar surface area (TPSA) is 54.4 Å². The van der Waals surface area contributed by atoms with Crippen molar-refractivity contribution in [1.82, 2.24) is 0 Å². The highest BCUT2D eigenvalue weighted by Crippen LogP contribution is 2.26. The summed E-state index contributed by atoms with van der Waals surface area (Å²) in [4.78, 5) is 0.241. The third-order valence-corrected chi connectivity index (χ3v) is 5.59. The van der Waals surface area contributed by atoms with Crippen molar-refractivity contribution < 1.29 is 13.5 Å². The Labute approximate surface area is 119 Å². The quantitative estimate of drug-likeness (QED) is 0.942. The maximum atomic E-state index is 12.5. The number of rotatable bonds is 4. The summed E-state index contributed by atoms with van der Waals surface area (Å²) in [5.41, 5.74) is 1.61. The van der Waals surface area contributed by atoms with Crippen LogP contribution in [-0.2, 0) is 9.84 Å². The third-order valence-electron chi connectivity index (χ3n) is 3.42. The second-order valence-corrected chi connectivity index (χ2v) is 7.22. The van der Waals surface area contributed by atoms with Gasteiger partial charge in [0.1, 0.15) is 0 Å². The zero-order valence-electron chi connectivity index (χ0n) is 11.5. The lowest BCUT2D eigenvalue weighted by Gasteiger charge is -2.19. The second kappa shape index (κ2) is 5.77. The zero-order valence-corrected chi connectivity index (χ0v) is 12.3. The fraction of sp³-hybridized carbons (Fsp3) is 0.250. The molecule has 0 aliphatic rings. The van der Waals surface area contributed by atoms with Crippen LogP contribution in [-0.4, -0.2) is 18.8 Å². The van der Waals surface area contributed by atoms with Crippen LogP contribution in [0.3, 0.4) is 0 Å². The summed E-state index contributed by atoms with van der Waals surface area (Å²) in [5, 5.41) is 9.37. The van der Waals surface area contributed by atoms with E-state index in [0.29, 0.717) is 5.56 Å². The Hall–Kier alpha value is -1.65. The number of sulfone groups is 1. The van der Waals surface area contributed by atoms with Crippen LogP contribution in [0.4, 0.5) is 0 Å². The van der Waals surface area contributed by atoms with Crippen molar-refractivity contribution in [3.63, 3.8) is 0 Å². The number of benzene rings is 2. The summed E-state index contributed by atoms with van der Waals surface area (Å²) in [6.07, 6.45) is -1.04. The molecule has 0 fully saturated rings. The molecule has 0 spiro atoms. The lowest BCUT2D eigenvalue weighted by atomic mass is 10.1. The van der Waals surface area contributed by atoms with Crippen LogP contribution in [0.25, 0.3) is 0 Å². The Morgan fingerprint density at radius 3 is 2.05 bits per heavy atom. The fourth-order valence-corrected chi connectivity index (χ4v) is 3.47. The lowest BCUT2D eigenvalue weighted by Crippen LogP contribution is -2.25. The van der Waals surface area contributed by atoms with Crippen molar-refractivity contribution in [3.05, 3.63) is 65.7 Å². The molecule has 0 aromatic heterocycles. The molecule has 0 saturated heterocycles. The minimum absolute atomic E-state index is 0.241. The molecule has 0 saturated carbocycles. The van der Waals surface area contributed by atoms with Gasteiger partial charge in [0.15, 0.2) is 9.84 Å². The number of aliphatic hydroxyl groups is 1. The average molecular weight is 290 g/mol. The first-order valence-electron chi connectivity index (χ1n) is 6.46. The van der Waals surface area contributed by atoms with Gasteiger partial charge in [-0.15, -0.1) is 0 Å². The molecule has 106 valence electrons. The summed E-state index contributed by atoms with van der Waals surface area (Å²) >= 11 is 0. The molecule has 1 N–H and O–H groups in total. The molecule has 2 aromatic rings. The van der Waals surface area contributed by atoms with E-state index in [1.54, 1.807) is 48.5 Å². The highest BCUT2D eigenvalue weighted by Gasteiger charge is 2.30. The maximum absolute atomic E-state index is 12.5. The van der Waals surface area contributed by atoms with E-state index in [1.807, 2.05) is 13.0 Å². The predicted molar refractivity (Wildman–Crippen MR) is 79.2 cm³/mol. The first-order chi connectivity index (χ1) is 9.43. The monoisotopic (exact) mass is 290 g/mol. The first-order valence-corrected chi connectivity index (χ1v) is 8.01. The zero-order chi connectivity index (χ0) is 14.8. The molecule has 0 aliphatic heterocycles. The molecule has 2 unspecified atom stereocenters. The van der Waals surface area contributed by atoms with Crippen molar-refractivity contribution in [1.29, 1.82) is 0 Å². The second-order valence-electron chi connectivity index (χ2n) is 4.92. The predicted octanol–water partition coefficient (Wildman–Crippen LogP) is 2.89. The molecule has 0 heterocycles. The van der Waals surface area contributed by atoms with Gasteiger partial charge in [-0.3, -0.25) is 0 Å². The van der Waals surface area contributed by atoms with E-state index in [0.717, 1.165) is 5.56 Å². The largest absolute Gasteiger partial charge is 0.387 e. The Morgan fingerprint density at radius 2 is 1.50 bits per heavy atom. The van der Waals surface area contributed by atoms with E-state index < -0.39 is 21.2 Å². The van der Waals surface area contributed by atoms with Gasteiger partial charge < -0.3 is 5.11 Å². The summed E-state index contributed by atoms with van der Waals surface area (Å²) in [7, 11) is -3.55. The third kappa shape index (κ3) is 2.92. The van der Waals surface area contributed by atoms with Gasteiger partial charge in [0.25, 0.3) is 0 Å². The number of hydrogen-bond acceptors (Lipinski definition) is 3. The lowest BCUT2D eigenvalue weighted by molar-refractivity contribution is 0.176. The van der Waals surface area contributed by atoms with E-state index in [-0.39, 0.29) is 4.90 Å². The normalized spacial score (nSPS) is 14.8. The Bertz CT molecular complexity index is 661. The Morgan fingerprint density at radius 1 is 0.950 bits per heavy atom. The van der Waals surface area contributed by atoms with Crippen LogP contribution in [0.5, 0.6) is 0 Å². The van der Waals surface area contributed by atoms with Crippen molar-refractivity contribution in [3.8, 4) is 0 Å². The molecule has 2 atom stereocenters. The van der Waals surface area contributed by atoms with Gasteiger partial charge in [0.2, 0.25) is 0 Å². The molecule has 0 aliphatic carbocycles. The van der Waals surface area contributed by atoms with E-state index in [1.165, 1.54) is 6.92 Å². The maximum Gasteiger partial charge on any atom is 0.183 e. The van der Waals surface area contributed by atoms with Crippen molar-refractivity contribution in [2.24, 2.45) is 0 Å². The Kier molecular flexibility index (Phi) is 4.26. The molecular weight excluding hydrogens is 272 g/mol. The SMILES string of the molecule is Cc1ccc(S(=O)(=O)C(C)C(O)c2ccccc2)cc1. The van der Waals surface area contributed by atoms with Gasteiger partial charge >= 0.3 is 0 Å². The molecular formula is C16H18O3S. The summed E-state index contributed by atoms with van der Waals surface area (Å²) in [6.45, 7) is 3.44. The molecule has 0 bridgehead atoms. The van der Waals surface area contributed by atoms with E-state index in [2.05, 4.69) is 0 Å². The summed E-state index contributed by atoms with van der Waals surface area (Å²) in [5.74, 6) is 0.